The molecular weight excluding hydrogens is 384 g/mol. The molecule has 1 aliphatic heterocycles. The molecule has 29 heavy (non-hydrogen) atoms. The molecule has 1 N–H and O–H groups in total. The molecule has 0 aromatic heterocycles. The first kappa shape index (κ1) is 20.1. The Kier molecular flexibility index (Phi) is 6.01. The maximum absolute atomic E-state index is 13.0. The second-order valence-electron chi connectivity index (χ2n) is 8.18. The topological polar surface area (TPSA) is 66.5 Å². The van der Waals surface area contributed by atoms with Crippen molar-refractivity contribution in [2.75, 3.05) is 18.4 Å². The number of hydrogen-bond donors (Lipinski definition) is 1. The van der Waals surface area contributed by atoms with Crippen LogP contribution in [0.2, 0.25) is 0 Å². The van der Waals surface area contributed by atoms with Crippen LogP contribution in [-0.4, -0.2) is 31.7 Å². The Balaban J connectivity index is 1.34. The number of nitrogens with zero attached hydrogens (tertiary/aromatic N) is 1. The van der Waals surface area contributed by atoms with E-state index in [0.29, 0.717) is 29.6 Å². The third-order valence-electron chi connectivity index (χ3n) is 6.18. The molecule has 5 nitrogen and oxygen atoms in total. The number of benzene rings is 2. The third kappa shape index (κ3) is 4.70. The Hall–Kier alpha value is -2.18. The van der Waals surface area contributed by atoms with E-state index >= 15 is 0 Å². The van der Waals surface area contributed by atoms with Crippen molar-refractivity contribution in [2.24, 2.45) is 11.8 Å². The van der Waals surface area contributed by atoms with E-state index < -0.39 is 10.0 Å². The van der Waals surface area contributed by atoms with Crippen molar-refractivity contribution in [3.8, 4) is 0 Å². The molecule has 0 bridgehead atoms. The van der Waals surface area contributed by atoms with Crippen molar-refractivity contribution < 1.29 is 13.2 Å². The zero-order chi connectivity index (χ0) is 20.3. The molecule has 1 amide bonds. The molecule has 0 radical (unpaired) electrons. The number of hydrogen-bond acceptors (Lipinski definition) is 3. The lowest BCUT2D eigenvalue weighted by Crippen LogP contribution is -2.38. The van der Waals surface area contributed by atoms with Crippen LogP contribution in [0.25, 0.3) is 0 Å². The fourth-order valence-corrected chi connectivity index (χ4v) is 5.54. The Labute approximate surface area is 173 Å². The van der Waals surface area contributed by atoms with Gasteiger partial charge in [0.25, 0.3) is 0 Å². The number of amides is 1. The quantitative estimate of drug-likeness (QED) is 0.778. The smallest absolute Gasteiger partial charge is 0.243 e. The van der Waals surface area contributed by atoms with E-state index in [2.05, 4.69) is 17.4 Å². The highest BCUT2D eigenvalue weighted by molar-refractivity contribution is 7.89. The Morgan fingerprint density at radius 3 is 2.17 bits per heavy atom. The summed E-state index contributed by atoms with van der Waals surface area (Å²) in [6.07, 6.45) is 5.76. The highest BCUT2D eigenvalue weighted by Gasteiger charge is 2.30. The van der Waals surface area contributed by atoms with Crippen LogP contribution >= 0.6 is 0 Å². The number of piperidine rings is 1. The van der Waals surface area contributed by atoms with Crippen LogP contribution in [0.4, 0.5) is 5.69 Å². The SMILES string of the molecule is O=C(Nc1ccc(S(=O)(=O)N2CCC(Cc3ccccc3)CC2)cc1)C1CCC1. The molecule has 2 aromatic carbocycles. The second-order valence-corrected chi connectivity index (χ2v) is 10.1. The maximum atomic E-state index is 13.0. The van der Waals surface area contributed by atoms with Gasteiger partial charge in [-0.2, -0.15) is 4.31 Å². The van der Waals surface area contributed by atoms with Crippen molar-refractivity contribution in [2.45, 2.75) is 43.4 Å². The number of rotatable bonds is 6. The van der Waals surface area contributed by atoms with Crippen molar-refractivity contribution in [3.05, 3.63) is 60.2 Å². The number of carbonyl (C=O) groups is 1. The number of anilines is 1. The summed E-state index contributed by atoms with van der Waals surface area (Å²) in [5.41, 5.74) is 1.97. The minimum absolute atomic E-state index is 0.0346. The van der Waals surface area contributed by atoms with Gasteiger partial charge in [0.1, 0.15) is 0 Å². The van der Waals surface area contributed by atoms with Crippen LogP contribution in [0.3, 0.4) is 0 Å². The lowest BCUT2D eigenvalue weighted by atomic mass is 9.85. The van der Waals surface area contributed by atoms with Gasteiger partial charge in [0.05, 0.1) is 4.90 Å². The first-order valence-corrected chi connectivity index (χ1v) is 11.9. The molecule has 154 valence electrons. The Morgan fingerprint density at radius 2 is 1.59 bits per heavy atom. The van der Waals surface area contributed by atoms with Crippen LogP contribution < -0.4 is 5.32 Å². The van der Waals surface area contributed by atoms with Crippen molar-refractivity contribution >= 4 is 21.6 Å². The molecule has 0 atom stereocenters. The average Bonchev–Trinajstić information content (AvgIpc) is 2.68. The summed E-state index contributed by atoms with van der Waals surface area (Å²) >= 11 is 0. The first-order valence-electron chi connectivity index (χ1n) is 10.5. The largest absolute Gasteiger partial charge is 0.326 e. The van der Waals surface area contributed by atoms with E-state index in [1.165, 1.54) is 5.56 Å². The fourth-order valence-electron chi connectivity index (χ4n) is 4.08. The fraction of sp³-hybridized carbons (Fsp3) is 0.435. The van der Waals surface area contributed by atoms with E-state index in [0.717, 1.165) is 38.5 Å². The lowest BCUT2D eigenvalue weighted by molar-refractivity contribution is -0.122. The minimum atomic E-state index is -3.49. The molecule has 4 rings (SSSR count). The van der Waals surface area contributed by atoms with Gasteiger partial charge in [-0.15, -0.1) is 0 Å². The predicted molar refractivity (Wildman–Crippen MR) is 114 cm³/mol. The zero-order valence-corrected chi connectivity index (χ0v) is 17.4. The zero-order valence-electron chi connectivity index (χ0n) is 16.6. The summed E-state index contributed by atoms with van der Waals surface area (Å²) in [4.78, 5) is 12.3. The Morgan fingerprint density at radius 1 is 0.931 bits per heavy atom. The highest BCUT2D eigenvalue weighted by atomic mass is 32.2. The van der Waals surface area contributed by atoms with Crippen LogP contribution in [0.5, 0.6) is 0 Å². The van der Waals surface area contributed by atoms with E-state index in [4.69, 9.17) is 0 Å². The van der Waals surface area contributed by atoms with Gasteiger partial charge < -0.3 is 5.32 Å². The average molecular weight is 413 g/mol. The summed E-state index contributed by atoms with van der Waals surface area (Å²) in [7, 11) is -3.49. The molecule has 1 heterocycles. The van der Waals surface area contributed by atoms with Crippen LogP contribution in [0, 0.1) is 11.8 Å². The Bertz CT molecular complexity index is 930. The lowest BCUT2D eigenvalue weighted by Gasteiger charge is -2.31. The van der Waals surface area contributed by atoms with E-state index in [9.17, 15) is 13.2 Å². The summed E-state index contributed by atoms with van der Waals surface area (Å²) in [6.45, 7) is 1.11. The van der Waals surface area contributed by atoms with Crippen LogP contribution in [0.1, 0.15) is 37.7 Å². The van der Waals surface area contributed by atoms with Gasteiger partial charge in [0, 0.05) is 24.7 Å². The molecule has 2 aliphatic rings. The number of nitrogens with one attached hydrogen (secondary N) is 1. The van der Waals surface area contributed by atoms with Crippen molar-refractivity contribution in [1.29, 1.82) is 0 Å². The number of sulfonamides is 1. The number of carbonyl (C=O) groups excluding carboxylic acids is 1. The highest BCUT2D eigenvalue weighted by Crippen LogP contribution is 2.29. The van der Waals surface area contributed by atoms with Gasteiger partial charge in [-0.25, -0.2) is 8.42 Å². The van der Waals surface area contributed by atoms with Crippen molar-refractivity contribution in [1.82, 2.24) is 4.31 Å². The summed E-state index contributed by atoms with van der Waals surface area (Å²) in [5, 5.41) is 2.88. The van der Waals surface area contributed by atoms with Gasteiger partial charge in [-0.05, 0) is 67.9 Å². The molecule has 0 unspecified atom stereocenters. The molecule has 2 aromatic rings. The molecule has 1 saturated heterocycles. The van der Waals surface area contributed by atoms with E-state index in [1.807, 2.05) is 18.2 Å². The molecule has 2 fully saturated rings. The van der Waals surface area contributed by atoms with Gasteiger partial charge in [0.15, 0.2) is 0 Å². The molecule has 0 spiro atoms. The molecule has 6 heteroatoms. The standard InChI is InChI=1S/C23H28N2O3S/c26-23(20-7-4-8-20)24-21-9-11-22(12-10-21)29(27,28)25-15-13-19(14-16-25)17-18-5-2-1-3-6-18/h1-3,5-6,9-12,19-20H,4,7-8,13-17H2,(H,24,26). The summed E-state index contributed by atoms with van der Waals surface area (Å²) in [6, 6.07) is 17.0. The normalized spacial score (nSPS) is 18.9. The predicted octanol–water partition coefficient (Wildman–Crippen LogP) is 4.07. The minimum Gasteiger partial charge on any atom is -0.326 e. The van der Waals surface area contributed by atoms with Gasteiger partial charge >= 0.3 is 0 Å². The van der Waals surface area contributed by atoms with Gasteiger partial charge in [-0.1, -0.05) is 36.8 Å². The monoisotopic (exact) mass is 412 g/mol. The molecule has 1 saturated carbocycles. The summed E-state index contributed by atoms with van der Waals surface area (Å²) < 4.78 is 27.6. The van der Waals surface area contributed by atoms with E-state index in [1.54, 1.807) is 28.6 Å². The molecule has 1 aliphatic carbocycles. The van der Waals surface area contributed by atoms with Crippen LogP contribution in [-0.2, 0) is 21.2 Å². The van der Waals surface area contributed by atoms with Gasteiger partial charge in [0.2, 0.25) is 15.9 Å². The third-order valence-corrected chi connectivity index (χ3v) is 8.09. The van der Waals surface area contributed by atoms with Gasteiger partial charge in [-0.3, -0.25) is 4.79 Å². The van der Waals surface area contributed by atoms with E-state index in [-0.39, 0.29) is 11.8 Å². The maximum Gasteiger partial charge on any atom is 0.243 e. The summed E-state index contributed by atoms with van der Waals surface area (Å²) in [5.74, 6) is 0.663. The first-order chi connectivity index (χ1) is 14.0. The second kappa shape index (κ2) is 8.67. The van der Waals surface area contributed by atoms with Crippen molar-refractivity contribution in [3.63, 3.8) is 0 Å². The molecular formula is C23H28N2O3S. The van der Waals surface area contributed by atoms with Crippen LogP contribution in [0.15, 0.2) is 59.5 Å².